The Balaban J connectivity index is 1.15. The monoisotopic (exact) mass is 703 g/mol. The minimum Gasteiger partial charge on any atom is -0.455 e. The van der Waals surface area contributed by atoms with Gasteiger partial charge in [-0.25, -0.2) is 0 Å². The molecule has 55 heavy (non-hydrogen) atoms. The van der Waals surface area contributed by atoms with Crippen LogP contribution in [0.5, 0.6) is 0 Å². The molecule has 11 aromatic rings. The Morgan fingerprint density at radius 3 is 1.76 bits per heavy atom. The Kier molecular flexibility index (Phi) is 7.17. The van der Waals surface area contributed by atoms with E-state index in [4.69, 9.17) is 8.83 Å². The van der Waals surface area contributed by atoms with Gasteiger partial charge in [0.2, 0.25) is 0 Å². The maximum absolute atomic E-state index is 6.91. The molecule has 2 aromatic heterocycles. The van der Waals surface area contributed by atoms with E-state index in [2.05, 4.69) is 193 Å². The van der Waals surface area contributed by atoms with Crippen molar-refractivity contribution in [2.75, 3.05) is 4.90 Å². The molecule has 0 bridgehead atoms. The zero-order chi connectivity index (χ0) is 36.3. The number of anilines is 3. The van der Waals surface area contributed by atoms with E-state index in [1.54, 1.807) is 0 Å². The predicted octanol–water partition coefficient (Wildman–Crippen LogP) is 15.1. The van der Waals surface area contributed by atoms with E-state index >= 15 is 0 Å². The lowest BCUT2D eigenvalue weighted by Gasteiger charge is -2.28. The molecule has 3 nitrogen and oxygen atoms in total. The molecule has 2 heterocycles. The van der Waals surface area contributed by atoms with Gasteiger partial charge < -0.3 is 13.7 Å². The fourth-order valence-electron chi connectivity index (χ4n) is 8.30. The third-order valence-electron chi connectivity index (χ3n) is 10.9. The van der Waals surface area contributed by atoms with Crippen molar-refractivity contribution in [2.45, 2.75) is 0 Å². The van der Waals surface area contributed by atoms with Crippen molar-refractivity contribution in [1.29, 1.82) is 0 Å². The number of furan rings is 2. The van der Waals surface area contributed by atoms with Crippen LogP contribution in [0.25, 0.3) is 88.0 Å². The summed E-state index contributed by atoms with van der Waals surface area (Å²) in [6, 6.07) is 70.8. The smallest absolute Gasteiger partial charge is 0.144 e. The Labute approximate surface area is 317 Å². The van der Waals surface area contributed by atoms with Crippen molar-refractivity contribution in [3.05, 3.63) is 200 Å². The van der Waals surface area contributed by atoms with Crippen LogP contribution < -0.4 is 4.90 Å². The van der Waals surface area contributed by atoms with Crippen molar-refractivity contribution >= 4 is 71.7 Å². The summed E-state index contributed by atoms with van der Waals surface area (Å²) < 4.78 is 13.5. The van der Waals surface area contributed by atoms with Crippen molar-refractivity contribution in [3.8, 4) is 33.4 Å². The molecule has 9 aromatic carbocycles. The fraction of sp³-hybridized carbons (Fsp3) is 0. The van der Waals surface area contributed by atoms with Crippen molar-refractivity contribution in [2.24, 2.45) is 0 Å². The van der Waals surface area contributed by atoms with Crippen molar-refractivity contribution < 1.29 is 8.83 Å². The summed E-state index contributed by atoms with van der Waals surface area (Å²) in [7, 11) is 0. The zero-order valence-electron chi connectivity index (χ0n) is 29.8. The van der Waals surface area contributed by atoms with Gasteiger partial charge in [-0.1, -0.05) is 152 Å². The third-order valence-corrected chi connectivity index (χ3v) is 10.9. The first-order valence-corrected chi connectivity index (χ1v) is 18.7. The summed E-state index contributed by atoms with van der Waals surface area (Å²) >= 11 is 0. The lowest BCUT2D eigenvalue weighted by Crippen LogP contribution is -2.11. The van der Waals surface area contributed by atoms with Gasteiger partial charge in [0.1, 0.15) is 22.3 Å². The molecule has 0 N–H and O–H groups in total. The van der Waals surface area contributed by atoms with E-state index in [0.29, 0.717) is 0 Å². The highest BCUT2D eigenvalue weighted by atomic mass is 16.3. The Bertz CT molecular complexity index is 3190. The van der Waals surface area contributed by atoms with Crippen LogP contribution in [0.3, 0.4) is 0 Å². The second-order valence-corrected chi connectivity index (χ2v) is 14.0. The van der Waals surface area contributed by atoms with Gasteiger partial charge in [0.25, 0.3) is 0 Å². The first-order chi connectivity index (χ1) is 27.3. The van der Waals surface area contributed by atoms with Crippen LogP contribution in [0.1, 0.15) is 0 Å². The number of hydrogen-bond acceptors (Lipinski definition) is 3. The van der Waals surface area contributed by atoms with Gasteiger partial charge in [0.15, 0.2) is 0 Å². The molecule has 0 spiro atoms. The van der Waals surface area contributed by atoms with E-state index in [1.807, 2.05) is 12.1 Å². The van der Waals surface area contributed by atoms with Gasteiger partial charge in [-0.15, -0.1) is 0 Å². The first kappa shape index (κ1) is 31.2. The lowest BCUT2D eigenvalue weighted by atomic mass is 9.94. The first-order valence-electron chi connectivity index (χ1n) is 18.7. The maximum Gasteiger partial charge on any atom is 0.144 e. The minimum atomic E-state index is 0.836. The van der Waals surface area contributed by atoms with Gasteiger partial charge in [0.05, 0.1) is 5.69 Å². The van der Waals surface area contributed by atoms with Crippen molar-refractivity contribution in [1.82, 2.24) is 0 Å². The molecule has 0 aliphatic rings. The lowest BCUT2D eigenvalue weighted by molar-refractivity contribution is 0.665. The van der Waals surface area contributed by atoms with Crippen LogP contribution >= 0.6 is 0 Å². The van der Waals surface area contributed by atoms with Crippen LogP contribution in [-0.2, 0) is 0 Å². The summed E-state index contributed by atoms with van der Waals surface area (Å²) in [6.45, 7) is 0. The van der Waals surface area contributed by atoms with E-state index in [0.717, 1.165) is 94.0 Å². The van der Waals surface area contributed by atoms with Crippen LogP contribution in [0.15, 0.2) is 209 Å². The van der Waals surface area contributed by atoms with Crippen molar-refractivity contribution in [3.63, 3.8) is 0 Å². The number of nitrogens with zero attached hydrogens (tertiary/aromatic N) is 1. The summed E-state index contributed by atoms with van der Waals surface area (Å²) in [5.41, 5.74) is 13.4. The molecule has 0 amide bonds. The fourth-order valence-corrected chi connectivity index (χ4v) is 8.30. The minimum absolute atomic E-state index is 0.836. The van der Waals surface area contributed by atoms with Gasteiger partial charge >= 0.3 is 0 Å². The highest BCUT2D eigenvalue weighted by Gasteiger charge is 2.23. The summed E-state index contributed by atoms with van der Waals surface area (Å²) in [4.78, 5) is 2.37. The molecule has 258 valence electrons. The average Bonchev–Trinajstić information content (AvgIpc) is 3.82. The van der Waals surface area contributed by atoms with Crippen LogP contribution in [-0.4, -0.2) is 0 Å². The molecule has 0 saturated heterocycles. The maximum atomic E-state index is 6.91. The van der Waals surface area contributed by atoms with Crippen LogP contribution in [0.4, 0.5) is 17.1 Å². The van der Waals surface area contributed by atoms with E-state index in [1.165, 1.54) is 11.1 Å². The highest BCUT2D eigenvalue weighted by molar-refractivity contribution is 6.22. The molecule has 0 unspecified atom stereocenters. The van der Waals surface area contributed by atoms with Gasteiger partial charge in [-0.3, -0.25) is 0 Å². The SMILES string of the molecule is c1ccc(-c2ccc(N(c3ccc4oc5c(-c6cccc7c6oc6ccccc67)c6ccccc6cc5c4c3)c3ccccc3-c3ccccc3)cc2)cc1. The van der Waals surface area contributed by atoms with Gasteiger partial charge in [0, 0.05) is 49.6 Å². The Morgan fingerprint density at radius 2 is 0.927 bits per heavy atom. The molecular formula is C52H33NO2. The van der Waals surface area contributed by atoms with E-state index in [9.17, 15) is 0 Å². The largest absolute Gasteiger partial charge is 0.455 e. The molecule has 0 radical (unpaired) electrons. The number of benzene rings is 9. The van der Waals surface area contributed by atoms with E-state index in [-0.39, 0.29) is 0 Å². The summed E-state index contributed by atoms with van der Waals surface area (Å²) in [6.07, 6.45) is 0. The number of fused-ring (bicyclic) bond motifs is 7. The molecule has 11 rings (SSSR count). The van der Waals surface area contributed by atoms with Crippen LogP contribution in [0.2, 0.25) is 0 Å². The summed E-state index contributed by atoms with van der Waals surface area (Å²) in [5, 5.41) is 6.60. The Hall–Kier alpha value is -7.36. The molecule has 0 atom stereocenters. The number of para-hydroxylation sites is 3. The van der Waals surface area contributed by atoms with E-state index < -0.39 is 0 Å². The van der Waals surface area contributed by atoms with Crippen LogP contribution in [0, 0.1) is 0 Å². The number of hydrogen-bond donors (Lipinski definition) is 0. The highest BCUT2D eigenvalue weighted by Crippen LogP contribution is 2.47. The molecule has 0 saturated carbocycles. The van der Waals surface area contributed by atoms with Gasteiger partial charge in [-0.05, 0) is 76.0 Å². The molecule has 0 aliphatic carbocycles. The molecule has 3 heteroatoms. The normalized spacial score (nSPS) is 11.6. The molecular weight excluding hydrogens is 671 g/mol. The molecule has 0 aliphatic heterocycles. The van der Waals surface area contributed by atoms with Gasteiger partial charge in [-0.2, -0.15) is 0 Å². The third kappa shape index (κ3) is 5.13. The quantitative estimate of drug-likeness (QED) is 0.173. The zero-order valence-corrected chi connectivity index (χ0v) is 29.8. The average molecular weight is 704 g/mol. The second-order valence-electron chi connectivity index (χ2n) is 14.0. The predicted molar refractivity (Wildman–Crippen MR) is 229 cm³/mol. The summed E-state index contributed by atoms with van der Waals surface area (Å²) in [5.74, 6) is 0. The molecule has 0 fully saturated rings. The second kappa shape index (κ2) is 12.6. The standard InChI is InChI=1S/C52H33NO2/c1-3-14-34(15-4-1)35-26-28-38(29-27-35)53(47-24-11-9-19-40(47)36-16-5-2-6-17-36)39-30-31-49-45(33-39)46-32-37-18-7-8-20-41(37)50(52(46)55-49)44-23-13-22-43-42-21-10-12-25-48(42)54-51(43)44/h1-33H. The number of rotatable bonds is 6. The topological polar surface area (TPSA) is 29.5 Å². The Morgan fingerprint density at radius 1 is 0.327 bits per heavy atom.